The number of imidazole rings is 1. The average molecular weight is 193 g/mol. The maximum atomic E-state index is 4.29. The van der Waals surface area contributed by atoms with Crippen molar-refractivity contribution in [2.45, 2.75) is 19.8 Å². The summed E-state index contributed by atoms with van der Waals surface area (Å²) in [5, 5.41) is 3.49. The van der Waals surface area contributed by atoms with Gasteiger partial charge in [-0.1, -0.05) is 6.92 Å². The minimum atomic E-state index is 0.941. The van der Waals surface area contributed by atoms with Crippen molar-refractivity contribution < 1.29 is 0 Å². The van der Waals surface area contributed by atoms with Crippen molar-refractivity contribution >= 4 is 0 Å². The Bertz CT molecular complexity index is 292. The molecule has 3 nitrogen and oxygen atoms in total. The first kappa shape index (κ1) is 9.71. The van der Waals surface area contributed by atoms with Gasteiger partial charge in [-0.15, -0.1) is 0 Å². The van der Waals surface area contributed by atoms with Crippen molar-refractivity contribution in [1.82, 2.24) is 14.9 Å². The SMILES string of the molecule is CC1CC1CNCCc1nccn1C. The third kappa shape index (κ3) is 2.35. The Labute approximate surface area is 85.5 Å². The van der Waals surface area contributed by atoms with Crippen molar-refractivity contribution in [2.24, 2.45) is 18.9 Å². The predicted molar refractivity (Wildman–Crippen MR) is 57.1 cm³/mol. The van der Waals surface area contributed by atoms with Crippen molar-refractivity contribution in [2.75, 3.05) is 13.1 Å². The highest BCUT2D eigenvalue weighted by atomic mass is 15.0. The Hall–Kier alpha value is -0.830. The van der Waals surface area contributed by atoms with E-state index in [-0.39, 0.29) is 0 Å². The van der Waals surface area contributed by atoms with Crippen LogP contribution < -0.4 is 5.32 Å². The van der Waals surface area contributed by atoms with Crippen LogP contribution in [0.15, 0.2) is 12.4 Å². The zero-order valence-corrected chi connectivity index (χ0v) is 9.03. The molecular formula is C11H19N3. The van der Waals surface area contributed by atoms with Crippen LogP contribution in [-0.4, -0.2) is 22.6 Å². The summed E-state index contributed by atoms with van der Waals surface area (Å²) in [7, 11) is 2.05. The largest absolute Gasteiger partial charge is 0.338 e. The van der Waals surface area contributed by atoms with Crippen LogP contribution in [0.4, 0.5) is 0 Å². The fourth-order valence-corrected chi connectivity index (χ4v) is 1.81. The molecule has 0 aliphatic heterocycles. The smallest absolute Gasteiger partial charge is 0.109 e. The van der Waals surface area contributed by atoms with Crippen LogP contribution in [0, 0.1) is 11.8 Å². The van der Waals surface area contributed by atoms with Gasteiger partial charge in [-0.05, 0) is 24.8 Å². The molecule has 2 rings (SSSR count). The third-order valence-electron chi connectivity index (χ3n) is 3.13. The van der Waals surface area contributed by atoms with E-state index in [1.54, 1.807) is 0 Å². The summed E-state index contributed by atoms with van der Waals surface area (Å²) < 4.78 is 2.08. The van der Waals surface area contributed by atoms with Crippen LogP contribution in [0.25, 0.3) is 0 Å². The van der Waals surface area contributed by atoms with E-state index in [9.17, 15) is 0 Å². The molecule has 0 amide bonds. The molecule has 3 heteroatoms. The van der Waals surface area contributed by atoms with Crippen LogP contribution >= 0.6 is 0 Å². The van der Waals surface area contributed by atoms with Gasteiger partial charge in [0.25, 0.3) is 0 Å². The first-order valence-electron chi connectivity index (χ1n) is 5.44. The van der Waals surface area contributed by atoms with Gasteiger partial charge >= 0.3 is 0 Å². The van der Waals surface area contributed by atoms with Gasteiger partial charge in [0, 0.05) is 32.4 Å². The highest BCUT2D eigenvalue weighted by molar-refractivity contribution is 4.92. The number of hydrogen-bond donors (Lipinski definition) is 1. The van der Waals surface area contributed by atoms with Crippen molar-refractivity contribution in [3.63, 3.8) is 0 Å². The molecule has 1 aliphatic rings. The summed E-state index contributed by atoms with van der Waals surface area (Å²) in [5.74, 6) is 3.06. The summed E-state index contributed by atoms with van der Waals surface area (Å²) in [6.07, 6.45) is 6.30. The molecule has 1 saturated carbocycles. The average Bonchev–Trinajstić information content (AvgIpc) is 2.70. The maximum Gasteiger partial charge on any atom is 0.109 e. The molecule has 0 aromatic carbocycles. The van der Waals surface area contributed by atoms with Gasteiger partial charge in [0.15, 0.2) is 0 Å². The van der Waals surface area contributed by atoms with Gasteiger partial charge in [-0.3, -0.25) is 0 Å². The molecular weight excluding hydrogens is 174 g/mol. The highest BCUT2D eigenvalue weighted by Gasteiger charge is 2.31. The lowest BCUT2D eigenvalue weighted by Crippen LogP contribution is -2.21. The lowest BCUT2D eigenvalue weighted by atomic mass is 10.3. The molecule has 1 aliphatic carbocycles. The minimum Gasteiger partial charge on any atom is -0.338 e. The van der Waals surface area contributed by atoms with Crippen molar-refractivity contribution in [3.05, 3.63) is 18.2 Å². The van der Waals surface area contributed by atoms with Crippen LogP contribution in [-0.2, 0) is 13.5 Å². The number of nitrogens with one attached hydrogen (secondary N) is 1. The molecule has 2 atom stereocenters. The number of aromatic nitrogens is 2. The molecule has 2 unspecified atom stereocenters. The van der Waals surface area contributed by atoms with Crippen LogP contribution in [0.2, 0.25) is 0 Å². The number of rotatable bonds is 5. The van der Waals surface area contributed by atoms with E-state index in [0.29, 0.717) is 0 Å². The predicted octanol–water partition coefficient (Wildman–Crippen LogP) is 1.21. The Morgan fingerprint density at radius 1 is 1.64 bits per heavy atom. The molecule has 0 bridgehead atoms. The van der Waals surface area contributed by atoms with E-state index < -0.39 is 0 Å². The standard InChI is InChI=1S/C11H19N3/c1-9-7-10(9)8-12-4-3-11-13-5-6-14(11)2/h5-6,9-10,12H,3-4,7-8H2,1-2H3. The molecule has 1 aromatic heterocycles. The van der Waals surface area contributed by atoms with Crippen LogP contribution in [0.3, 0.4) is 0 Å². The maximum absolute atomic E-state index is 4.29. The topological polar surface area (TPSA) is 29.9 Å². The molecule has 78 valence electrons. The third-order valence-corrected chi connectivity index (χ3v) is 3.13. The Kier molecular flexibility index (Phi) is 2.87. The monoisotopic (exact) mass is 193 g/mol. The van der Waals surface area contributed by atoms with Crippen molar-refractivity contribution in [3.8, 4) is 0 Å². The lowest BCUT2D eigenvalue weighted by Gasteiger charge is -2.03. The van der Waals surface area contributed by atoms with Gasteiger partial charge in [-0.2, -0.15) is 0 Å². The van der Waals surface area contributed by atoms with Gasteiger partial charge in [0.1, 0.15) is 5.82 Å². The van der Waals surface area contributed by atoms with E-state index in [1.807, 2.05) is 19.4 Å². The number of hydrogen-bond acceptors (Lipinski definition) is 2. The van der Waals surface area contributed by atoms with Gasteiger partial charge in [-0.25, -0.2) is 4.98 Å². The molecule has 1 fully saturated rings. The molecule has 1 aromatic rings. The van der Waals surface area contributed by atoms with Crippen LogP contribution in [0.1, 0.15) is 19.2 Å². The highest BCUT2D eigenvalue weighted by Crippen LogP contribution is 2.36. The Balaban J connectivity index is 1.61. The second kappa shape index (κ2) is 4.13. The Morgan fingerprint density at radius 2 is 2.43 bits per heavy atom. The second-order valence-corrected chi connectivity index (χ2v) is 4.38. The van der Waals surface area contributed by atoms with Gasteiger partial charge in [0.2, 0.25) is 0 Å². The fourth-order valence-electron chi connectivity index (χ4n) is 1.81. The summed E-state index contributed by atoms with van der Waals surface area (Å²) in [6, 6.07) is 0. The first-order valence-corrected chi connectivity index (χ1v) is 5.44. The van der Waals surface area contributed by atoms with E-state index in [4.69, 9.17) is 0 Å². The molecule has 0 spiro atoms. The van der Waals surface area contributed by atoms with Crippen molar-refractivity contribution in [1.29, 1.82) is 0 Å². The van der Waals surface area contributed by atoms with E-state index >= 15 is 0 Å². The second-order valence-electron chi connectivity index (χ2n) is 4.38. The van der Waals surface area contributed by atoms with Gasteiger partial charge < -0.3 is 9.88 Å². The zero-order valence-electron chi connectivity index (χ0n) is 9.03. The fraction of sp³-hybridized carbons (Fsp3) is 0.727. The summed E-state index contributed by atoms with van der Waals surface area (Å²) in [5.41, 5.74) is 0. The first-order chi connectivity index (χ1) is 6.77. The number of nitrogens with zero attached hydrogens (tertiary/aromatic N) is 2. The van der Waals surface area contributed by atoms with Crippen LogP contribution in [0.5, 0.6) is 0 Å². The molecule has 0 saturated heterocycles. The van der Waals surface area contributed by atoms with E-state index in [1.165, 1.54) is 18.8 Å². The molecule has 0 radical (unpaired) electrons. The van der Waals surface area contributed by atoms with Gasteiger partial charge in [0.05, 0.1) is 0 Å². The molecule has 14 heavy (non-hydrogen) atoms. The molecule has 1 heterocycles. The normalized spacial score (nSPS) is 25.3. The lowest BCUT2D eigenvalue weighted by molar-refractivity contribution is 0.599. The molecule has 1 N–H and O–H groups in total. The van der Waals surface area contributed by atoms with E-state index in [2.05, 4.69) is 21.8 Å². The quantitative estimate of drug-likeness (QED) is 0.712. The number of aryl methyl sites for hydroxylation is 1. The van der Waals surface area contributed by atoms with E-state index in [0.717, 1.165) is 24.8 Å². The zero-order chi connectivity index (χ0) is 9.97. The summed E-state index contributed by atoms with van der Waals surface area (Å²) in [4.78, 5) is 4.29. The summed E-state index contributed by atoms with van der Waals surface area (Å²) >= 11 is 0. The Morgan fingerprint density at radius 3 is 3.00 bits per heavy atom. The minimum absolute atomic E-state index is 0.941. The summed E-state index contributed by atoms with van der Waals surface area (Å²) in [6.45, 7) is 4.56.